The zero-order chi connectivity index (χ0) is 19.1. The van der Waals surface area contributed by atoms with Gasteiger partial charge in [0.2, 0.25) is 11.8 Å². The van der Waals surface area contributed by atoms with Crippen molar-refractivity contribution < 1.29 is 9.59 Å². The van der Waals surface area contributed by atoms with Crippen LogP contribution in [0, 0.1) is 18.8 Å². The Bertz CT molecular complexity index is 762. The third kappa shape index (κ3) is 5.31. The van der Waals surface area contributed by atoms with Crippen molar-refractivity contribution in [3.8, 4) is 0 Å². The fourth-order valence-electron chi connectivity index (χ4n) is 2.93. The predicted octanol–water partition coefficient (Wildman–Crippen LogP) is 1.96. The van der Waals surface area contributed by atoms with E-state index >= 15 is 0 Å². The topological polar surface area (TPSA) is 111 Å². The van der Waals surface area contributed by atoms with E-state index in [2.05, 4.69) is 10.3 Å². The molecule has 0 saturated heterocycles. The molecular formula is C20H26N4O2. The summed E-state index contributed by atoms with van der Waals surface area (Å²) in [6.07, 6.45) is 1.24. The molecule has 0 fully saturated rings. The van der Waals surface area contributed by atoms with E-state index < -0.39 is 17.7 Å². The predicted molar refractivity (Wildman–Crippen MR) is 102 cm³/mol. The van der Waals surface area contributed by atoms with E-state index in [0.29, 0.717) is 25.2 Å². The molecule has 1 heterocycles. The Kier molecular flexibility index (Phi) is 6.72. The number of aryl methyl sites for hydroxylation is 2. The molecule has 6 nitrogen and oxygen atoms in total. The lowest BCUT2D eigenvalue weighted by Gasteiger charge is -2.21. The highest BCUT2D eigenvalue weighted by atomic mass is 16.2. The Morgan fingerprint density at radius 3 is 2.46 bits per heavy atom. The third-order valence-electron chi connectivity index (χ3n) is 4.64. The molecule has 5 N–H and O–H groups in total. The minimum absolute atomic E-state index is 0.196. The SMILES string of the molecule is Cc1nc(N)ccc1CNC(=O)[C@@H](C)C(CCc1ccccc1)C(N)=O. The van der Waals surface area contributed by atoms with Crippen molar-refractivity contribution in [2.75, 3.05) is 5.73 Å². The highest BCUT2D eigenvalue weighted by molar-refractivity contribution is 5.86. The van der Waals surface area contributed by atoms with Gasteiger partial charge in [-0.1, -0.05) is 43.3 Å². The van der Waals surface area contributed by atoms with Crippen molar-refractivity contribution in [2.45, 2.75) is 33.2 Å². The van der Waals surface area contributed by atoms with E-state index in [4.69, 9.17) is 11.5 Å². The van der Waals surface area contributed by atoms with Gasteiger partial charge in [-0.3, -0.25) is 9.59 Å². The number of anilines is 1. The van der Waals surface area contributed by atoms with Crippen molar-refractivity contribution >= 4 is 17.6 Å². The first-order chi connectivity index (χ1) is 12.4. The molecule has 26 heavy (non-hydrogen) atoms. The van der Waals surface area contributed by atoms with Crippen molar-refractivity contribution in [2.24, 2.45) is 17.6 Å². The van der Waals surface area contributed by atoms with Gasteiger partial charge >= 0.3 is 0 Å². The molecule has 0 radical (unpaired) electrons. The monoisotopic (exact) mass is 354 g/mol. The number of nitrogen functional groups attached to an aromatic ring is 1. The summed E-state index contributed by atoms with van der Waals surface area (Å²) in [7, 11) is 0. The number of carbonyl (C=O) groups excluding carboxylic acids is 2. The van der Waals surface area contributed by atoms with Crippen LogP contribution in [-0.2, 0) is 22.6 Å². The van der Waals surface area contributed by atoms with Gasteiger partial charge in [-0.15, -0.1) is 0 Å². The molecule has 0 aliphatic carbocycles. The molecular weight excluding hydrogens is 328 g/mol. The average molecular weight is 354 g/mol. The number of amides is 2. The van der Waals surface area contributed by atoms with Gasteiger partial charge in [0.05, 0.1) is 0 Å². The molecule has 0 saturated carbocycles. The summed E-state index contributed by atoms with van der Waals surface area (Å²) < 4.78 is 0. The number of pyridine rings is 1. The number of hydrogen-bond donors (Lipinski definition) is 3. The maximum atomic E-state index is 12.5. The number of rotatable bonds is 8. The van der Waals surface area contributed by atoms with E-state index in [-0.39, 0.29) is 5.91 Å². The van der Waals surface area contributed by atoms with Crippen LogP contribution in [-0.4, -0.2) is 16.8 Å². The Morgan fingerprint density at radius 1 is 1.15 bits per heavy atom. The second-order valence-electron chi connectivity index (χ2n) is 6.52. The Hall–Kier alpha value is -2.89. The Morgan fingerprint density at radius 2 is 1.85 bits per heavy atom. The number of hydrogen-bond acceptors (Lipinski definition) is 4. The summed E-state index contributed by atoms with van der Waals surface area (Å²) >= 11 is 0. The van der Waals surface area contributed by atoms with Crippen LogP contribution in [0.1, 0.15) is 30.2 Å². The largest absolute Gasteiger partial charge is 0.384 e. The van der Waals surface area contributed by atoms with E-state index in [1.807, 2.05) is 43.3 Å². The van der Waals surface area contributed by atoms with Crippen LogP contribution in [0.5, 0.6) is 0 Å². The summed E-state index contributed by atoms with van der Waals surface area (Å²) in [6.45, 7) is 3.92. The van der Waals surface area contributed by atoms with Crippen LogP contribution in [0.25, 0.3) is 0 Å². The van der Waals surface area contributed by atoms with Gasteiger partial charge in [-0.05, 0) is 37.0 Å². The molecule has 1 aromatic heterocycles. The number of nitrogens with two attached hydrogens (primary N) is 2. The minimum Gasteiger partial charge on any atom is -0.384 e. The minimum atomic E-state index is -0.513. The van der Waals surface area contributed by atoms with Crippen LogP contribution in [0.2, 0.25) is 0 Å². The number of carbonyl (C=O) groups is 2. The second-order valence-corrected chi connectivity index (χ2v) is 6.52. The van der Waals surface area contributed by atoms with E-state index in [0.717, 1.165) is 16.8 Å². The molecule has 0 bridgehead atoms. The second kappa shape index (κ2) is 8.99. The fourth-order valence-corrected chi connectivity index (χ4v) is 2.93. The van der Waals surface area contributed by atoms with Gasteiger partial charge in [0.1, 0.15) is 5.82 Å². The summed E-state index contributed by atoms with van der Waals surface area (Å²) in [4.78, 5) is 28.5. The first-order valence-electron chi connectivity index (χ1n) is 8.71. The van der Waals surface area contributed by atoms with Crippen molar-refractivity contribution in [1.82, 2.24) is 10.3 Å². The van der Waals surface area contributed by atoms with Crippen LogP contribution < -0.4 is 16.8 Å². The number of primary amides is 1. The summed E-state index contributed by atoms with van der Waals surface area (Å²) in [5, 5.41) is 2.87. The number of nitrogens with one attached hydrogen (secondary N) is 1. The van der Waals surface area contributed by atoms with Crippen LogP contribution in [0.3, 0.4) is 0 Å². The molecule has 2 aromatic rings. The number of nitrogens with zero attached hydrogens (tertiary/aromatic N) is 1. The smallest absolute Gasteiger partial charge is 0.223 e. The summed E-state index contributed by atoms with van der Waals surface area (Å²) in [5.74, 6) is -1.22. The number of benzene rings is 1. The first-order valence-corrected chi connectivity index (χ1v) is 8.71. The van der Waals surface area contributed by atoms with Gasteiger partial charge in [0.25, 0.3) is 0 Å². The summed E-state index contributed by atoms with van der Waals surface area (Å²) in [6, 6.07) is 13.4. The lowest BCUT2D eigenvalue weighted by Crippen LogP contribution is -2.39. The highest BCUT2D eigenvalue weighted by Crippen LogP contribution is 2.19. The van der Waals surface area contributed by atoms with Crippen molar-refractivity contribution in [1.29, 1.82) is 0 Å². The standard InChI is InChI=1S/C20H26N4O2/c1-13(17(19(22)25)10-8-15-6-4-3-5-7-15)20(26)23-12-16-9-11-18(21)24-14(16)2/h3-7,9,11,13,17H,8,10,12H2,1-2H3,(H2,21,24)(H2,22,25)(H,23,26)/t13-,17?/m0/s1. The molecule has 0 spiro atoms. The maximum Gasteiger partial charge on any atom is 0.223 e. The average Bonchev–Trinajstić information content (AvgIpc) is 2.61. The molecule has 0 aliphatic rings. The Balaban J connectivity index is 1.95. The zero-order valence-corrected chi connectivity index (χ0v) is 15.2. The van der Waals surface area contributed by atoms with Crippen molar-refractivity contribution in [3.05, 3.63) is 59.3 Å². The lowest BCUT2D eigenvalue weighted by molar-refractivity contribution is -0.133. The summed E-state index contributed by atoms with van der Waals surface area (Å²) in [5.41, 5.74) is 14.0. The highest BCUT2D eigenvalue weighted by Gasteiger charge is 2.28. The van der Waals surface area contributed by atoms with E-state index in [1.54, 1.807) is 13.0 Å². The molecule has 6 heteroatoms. The van der Waals surface area contributed by atoms with E-state index in [1.165, 1.54) is 0 Å². The van der Waals surface area contributed by atoms with Crippen LogP contribution >= 0.6 is 0 Å². The maximum absolute atomic E-state index is 12.5. The molecule has 1 aromatic carbocycles. The van der Waals surface area contributed by atoms with Crippen LogP contribution in [0.4, 0.5) is 5.82 Å². The van der Waals surface area contributed by atoms with Gasteiger partial charge in [-0.25, -0.2) is 4.98 Å². The van der Waals surface area contributed by atoms with Gasteiger partial charge in [0.15, 0.2) is 0 Å². The molecule has 138 valence electrons. The van der Waals surface area contributed by atoms with Crippen molar-refractivity contribution in [3.63, 3.8) is 0 Å². The molecule has 1 unspecified atom stereocenters. The number of aromatic nitrogens is 1. The molecule has 0 aliphatic heterocycles. The third-order valence-corrected chi connectivity index (χ3v) is 4.64. The molecule has 2 amide bonds. The van der Waals surface area contributed by atoms with Gasteiger partial charge in [-0.2, -0.15) is 0 Å². The Labute approximate surface area is 154 Å². The van der Waals surface area contributed by atoms with Crippen LogP contribution in [0.15, 0.2) is 42.5 Å². The van der Waals surface area contributed by atoms with E-state index in [9.17, 15) is 9.59 Å². The zero-order valence-electron chi connectivity index (χ0n) is 15.2. The fraction of sp³-hybridized carbons (Fsp3) is 0.350. The van der Waals surface area contributed by atoms with Gasteiger partial charge in [0, 0.05) is 24.1 Å². The normalized spacial score (nSPS) is 13.0. The molecule has 2 rings (SSSR count). The van der Waals surface area contributed by atoms with Gasteiger partial charge < -0.3 is 16.8 Å². The first kappa shape index (κ1) is 19.4. The quantitative estimate of drug-likeness (QED) is 0.673. The lowest BCUT2D eigenvalue weighted by atomic mass is 9.87. The molecule has 2 atom stereocenters.